The topological polar surface area (TPSA) is 46.1 Å². The molecule has 2 atom stereocenters. The number of carbonyl (C=O) groups excluding carboxylic acids is 1. The van der Waals surface area contributed by atoms with Crippen LogP contribution in [0.3, 0.4) is 0 Å². The van der Waals surface area contributed by atoms with Gasteiger partial charge in [0.1, 0.15) is 6.04 Å². The lowest BCUT2D eigenvalue weighted by molar-refractivity contribution is -0.115. The van der Waals surface area contributed by atoms with E-state index in [1.807, 2.05) is 24.3 Å². The van der Waals surface area contributed by atoms with Gasteiger partial charge in [0.25, 0.3) is 0 Å². The molecule has 2 aromatic carbocycles. The summed E-state index contributed by atoms with van der Waals surface area (Å²) in [7, 11) is 0. The molecule has 0 spiro atoms. The largest absolute Gasteiger partial charge is 0.319 e. The number of carbonyl (C=O) groups is 1. The monoisotopic (exact) mass is 403 g/mol. The molecule has 150 valence electrons. The van der Waals surface area contributed by atoms with Gasteiger partial charge in [-0.15, -0.1) is 0 Å². The van der Waals surface area contributed by atoms with Crippen LogP contribution in [0.4, 0.5) is 5.95 Å². The number of fused-ring (bicyclic) bond motifs is 3. The van der Waals surface area contributed by atoms with Crippen LogP contribution in [0.1, 0.15) is 17.5 Å². The van der Waals surface area contributed by atoms with Crippen molar-refractivity contribution in [1.29, 1.82) is 0 Å². The number of anilines is 1. The maximum absolute atomic E-state index is 13.2. The number of nitrogens with zero attached hydrogens (tertiary/aromatic N) is 3. The molecule has 0 saturated heterocycles. The van der Waals surface area contributed by atoms with Crippen LogP contribution in [0.15, 0.2) is 115 Å². The SMILES string of the molecule is O=C1C=C[C@H]2N(c3ncccn3)[C@@H]1C1=C(C=CC1)C2(c1ccccc1)c1ccccc1. The molecule has 2 aliphatic heterocycles. The van der Waals surface area contributed by atoms with Gasteiger partial charge in [-0.1, -0.05) is 78.9 Å². The molecule has 0 unspecified atom stereocenters. The van der Waals surface area contributed by atoms with E-state index < -0.39 is 5.41 Å². The number of hydrogen-bond acceptors (Lipinski definition) is 4. The zero-order chi connectivity index (χ0) is 20.8. The Morgan fingerprint density at radius 2 is 1.48 bits per heavy atom. The molecule has 0 amide bonds. The van der Waals surface area contributed by atoms with Crippen LogP contribution in [0, 0.1) is 0 Å². The molecule has 4 heteroatoms. The summed E-state index contributed by atoms with van der Waals surface area (Å²) in [5.41, 5.74) is 4.29. The number of benzene rings is 2. The first-order chi connectivity index (χ1) is 15.3. The van der Waals surface area contributed by atoms with E-state index in [-0.39, 0.29) is 17.9 Å². The highest BCUT2D eigenvalue weighted by Gasteiger charge is 2.56. The second-order valence-electron chi connectivity index (χ2n) is 8.15. The Hall–Kier alpha value is -3.79. The fraction of sp³-hybridized carbons (Fsp3) is 0.148. The van der Waals surface area contributed by atoms with Crippen LogP contribution >= 0.6 is 0 Å². The van der Waals surface area contributed by atoms with E-state index >= 15 is 0 Å². The van der Waals surface area contributed by atoms with Gasteiger partial charge in [-0.2, -0.15) is 0 Å². The summed E-state index contributed by atoms with van der Waals surface area (Å²) in [5, 5.41) is 0. The fourth-order valence-corrected chi connectivity index (χ4v) is 5.57. The maximum Gasteiger partial charge on any atom is 0.226 e. The lowest BCUT2D eigenvalue weighted by Gasteiger charge is -2.54. The second kappa shape index (κ2) is 6.88. The van der Waals surface area contributed by atoms with E-state index in [2.05, 4.69) is 75.6 Å². The van der Waals surface area contributed by atoms with Crippen molar-refractivity contribution < 1.29 is 4.79 Å². The summed E-state index contributed by atoms with van der Waals surface area (Å²) in [5.74, 6) is 0.680. The molecule has 4 nitrogen and oxygen atoms in total. The molecule has 6 rings (SSSR count). The zero-order valence-electron chi connectivity index (χ0n) is 16.9. The van der Waals surface area contributed by atoms with Gasteiger partial charge in [-0.3, -0.25) is 4.79 Å². The first kappa shape index (κ1) is 18.0. The second-order valence-corrected chi connectivity index (χ2v) is 8.15. The van der Waals surface area contributed by atoms with Crippen LogP contribution in [0.5, 0.6) is 0 Å². The van der Waals surface area contributed by atoms with E-state index in [9.17, 15) is 4.79 Å². The molecule has 31 heavy (non-hydrogen) atoms. The van der Waals surface area contributed by atoms with E-state index in [1.54, 1.807) is 18.5 Å². The smallest absolute Gasteiger partial charge is 0.226 e. The van der Waals surface area contributed by atoms with Gasteiger partial charge in [0.2, 0.25) is 5.95 Å². The molecule has 0 saturated carbocycles. The van der Waals surface area contributed by atoms with Gasteiger partial charge in [-0.25, -0.2) is 9.97 Å². The van der Waals surface area contributed by atoms with Crippen molar-refractivity contribution in [2.24, 2.45) is 0 Å². The predicted molar refractivity (Wildman–Crippen MR) is 121 cm³/mol. The zero-order valence-corrected chi connectivity index (χ0v) is 16.9. The first-order valence-electron chi connectivity index (χ1n) is 10.6. The van der Waals surface area contributed by atoms with Gasteiger partial charge in [0.05, 0.1) is 11.5 Å². The molecular formula is C27H21N3O. The van der Waals surface area contributed by atoms with Crippen molar-refractivity contribution in [1.82, 2.24) is 9.97 Å². The lowest BCUT2D eigenvalue weighted by atomic mass is 9.59. The van der Waals surface area contributed by atoms with Crippen LogP contribution in [-0.2, 0) is 10.2 Å². The van der Waals surface area contributed by atoms with Crippen molar-refractivity contribution >= 4 is 11.7 Å². The molecule has 0 N–H and O–H groups in total. The molecule has 0 radical (unpaired) electrons. The standard InChI is InChI=1S/C27H21N3O/c31-23-15-16-24-27(19-9-3-1-4-10-19,20-11-5-2-6-12-20)22-14-7-13-21(22)25(23)30(24)26-28-17-8-18-29-26/h1-12,14-18,24-25H,13H2/t24-,25-/m1/s1. The normalized spacial score (nSPS) is 23.2. The van der Waals surface area contributed by atoms with Crippen molar-refractivity contribution in [3.63, 3.8) is 0 Å². The third-order valence-corrected chi connectivity index (χ3v) is 6.70. The van der Waals surface area contributed by atoms with Gasteiger partial charge in [0.15, 0.2) is 5.78 Å². The summed E-state index contributed by atoms with van der Waals surface area (Å²) in [6.45, 7) is 0. The van der Waals surface area contributed by atoms with Gasteiger partial charge in [0, 0.05) is 12.4 Å². The van der Waals surface area contributed by atoms with E-state index in [1.165, 1.54) is 16.7 Å². The Bertz CT molecular complexity index is 1190. The van der Waals surface area contributed by atoms with E-state index in [4.69, 9.17) is 0 Å². The summed E-state index contributed by atoms with van der Waals surface area (Å²) >= 11 is 0. The number of ketones is 1. The average molecular weight is 403 g/mol. The van der Waals surface area contributed by atoms with Crippen LogP contribution in [-0.4, -0.2) is 27.8 Å². The Morgan fingerprint density at radius 1 is 0.839 bits per heavy atom. The van der Waals surface area contributed by atoms with Crippen LogP contribution in [0.25, 0.3) is 0 Å². The third-order valence-electron chi connectivity index (χ3n) is 6.70. The van der Waals surface area contributed by atoms with E-state index in [0.29, 0.717) is 5.95 Å². The fourth-order valence-electron chi connectivity index (χ4n) is 5.57. The van der Waals surface area contributed by atoms with Gasteiger partial charge in [-0.05, 0) is 40.8 Å². The van der Waals surface area contributed by atoms with Crippen molar-refractivity contribution in [2.75, 3.05) is 4.90 Å². The Morgan fingerprint density at radius 3 is 2.13 bits per heavy atom. The minimum absolute atomic E-state index is 0.0922. The summed E-state index contributed by atoms with van der Waals surface area (Å²) in [6.07, 6.45) is 12.5. The highest BCUT2D eigenvalue weighted by atomic mass is 16.1. The molecule has 1 aromatic heterocycles. The van der Waals surface area contributed by atoms with Crippen LogP contribution in [0.2, 0.25) is 0 Å². The Balaban J connectivity index is 1.73. The number of hydrogen-bond donors (Lipinski definition) is 0. The highest BCUT2D eigenvalue weighted by molar-refractivity contribution is 6.02. The first-order valence-corrected chi connectivity index (χ1v) is 10.6. The Labute approximate surface area is 181 Å². The molecule has 3 heterocycles. The minimum Gasteiger partial charge on any atom is -0.319 e. The molecule has 3 aliphatic rings. The molecule has 3 aromatic rings. The number of allylic oxidation sites excluding steroid dienone is 2. The third kappa shape index (κ3) is 2.45. The highest BCUT2D eigenvalue weighted by Crippen LogP contribution is 2.54. The van der Waals surface area contributed by atoms with Crippen LogP contribution < -0.4 is 4.90 Å². The summed E-state index contributed by atoms with van der Waals surface area (Å²) in [4.78, 5) is 24.4. The number of rotatable bonds is 3. The number of aromatic nitrogens is 2. The molecule has 0 fully saturated rings. The van der Waals surface area contributed by atoms with E-state index in [0.717, 1.165) is 12.0 Å². The average Bonchev–Trinajstić information content (AvgIpc) is 3.32. The van der Waals surface area contributed by atoms with Crippen molar-refractivity contribution in [3.05, 3.63) is 126 Å². The summed E-state index contributed by atoms with van der Waals surface area (Å²) < 4.78 is 0. The molecule has 2 bridgehead atoms. The molecular weight excluding hydrogens is 382 g/mol. The summed E-state index contributed by atoms with van der Waals surface area (Å²) in [6, 6.07) is 22.5. The van der Waals surface area contributed by atoms with Crippen molar-refractivity contribution in [2.45, 2.75) is 23.9 Å². The lowest BCUT2D eigenvalue weighted by Crippen LogP contribution is -2.63. The maximum atomic E-state index is 13.2. The Kier molecular flexibility index (Phi) is 4.00. The predicted octanol–water partition coefficient (Wildman–Crippen LogP) is 4.42. The van der Waals surface area contributed by atoms with Gasteiger partial charge < -0.3 is 4.90 Å². The van der Waals surface area contributed by atoms with Gasteiger partial charge >= 0.3 is 0 Å². The minimum atomic E-state index is -0.474. The quantitative estimate of drug-likeness (QED) is 0.650. The molecule has 1 aliphatic carbocycles. The van der Waals surface area contributed by atoms with Crippen molar-refractivity contribution in [3.8, 4) is 0 Å².